The van der Waals surface area contributed by atoms with Crippen LogP contribution < -0.4 is 5.32 Å². The molecule has 3 nitrogen and oxygen atoms in total. The molecular formula is C15H24N2O. The van der Waals surface area contributed by atoms with Gasteiger partial charge in [-0.15, -0.1) is 0 Å². The highest BCUT2D eigenvalue weighted by Crippen LogP contribution is 2.46. The summed E-state index contributed by atoms with van der Waals surface area (Å²) in [7, 11) is 0. The average molecular weight is 248 g/mol. The van der Waals surface area contributed by atoms with Gasteiger partial charge in [0.15, 0.2) is 0 Å². The van der Waals surface area contributed by atoms with Gasteiger partial charge in [-0.1, -0.05) is 12.8 Å². The molecule has 3 aliphatic rings. The molecule has 1 N–H and O–H groups in total. The summed E-state index contributed by atoms with van der Waals surface area (Å²) in [6, 6.07) is 3.59. The SMILES string of the molecule is N#CC1CCCC1NC1CCCC12CCOCC2. The highest BCUT2D eigenvalue weighted by Gasteiger charge is 2.45. The first-order valence-electron chi connectivity index (χ1n) is 7.57. The molecule has 3 rings (SSSR count). The summed E-state index contributed by atoms with van der Waals surface area (Å²) in [5, 5.41) is 13.1. The van der Waals surface area contributed by atoms with Crippen molar-refractivity contribution in [3.05, 3.63) is 0 Å². The Morgan fingerprint density at radius 1 is 1.06 bits per heavy atom. The largest absolute Gasteiger partial charge is 0.381 e. The molecule has 2 saturated carbocycles. The van der Waals surface area contributed by atoms with Gasteiger partial charge in [-0.05, 0) is 43.9 Å². The van der Waals surface area contributed by atoms with E-state index in [1.54, 1.807) is 0 Å². The molecule has 2 aliphatic carbocycles. The van der Waals surface area contributed by atoms with Crippen molar-refractivity contribution in [1.82, 2.24) is 5.32 Å². The highest BCUT2D eigenvalue weighted by molar-refractivity contribution is 5.03. The normalized spacial score (nSPS) is 38.9. The van der Waals surface area contributed by atoms with E-state index in [1.165, 1.54) is 44.9 Å². The molecule has 1 heterocycles. The molecule has 1 aliphatic heterocycles. The van der Waals surface area contributed by atoms with Crippen molar-refractivity contribution >= 4 is 0 Å². The van der Waals surface area contributed by atoms with Crippen LogP contribution in [0.4, 0.5) is 0 Å². The van der Waals surface area contributed by atoms with Crippen LogP contribution in [0.5, 0.6) is 0 Å². The third kappa shape index (κ3) is 2.17. The number of hydrogen-bond acceptors (Lipinski definition) is 3. The number of ether oxygens (including phenoxy) is 1. The summed E-state index contributed by atoms with van der Waals surface area (Å²) in [6.07, 6.45) is 9.95. The summed E-state index contributed by atoms with van der Waals surface area (Å²) in [5.74, 6) is 0.252. The predicted molar refractivity (Wildman–Crippen MR) is 70.0 cm³/mol. The lowest BCUT2D eigenvalue weighted by atomic mass is 9.75. The lowest BCUT2D eigenvalue weighted by molar-refractivity contribution is 0.00209. The molecule has 3 atom stereocenters. The fourth-order valence-corrected chi connectivity index (χ4v) is 4.35. The molecular weight excluding hydrogens is 224 g/mol. The zero-order chi connectivity index (χ0) is 12.4. The summed E-state index contributed by atoms with van der Waals surface area (Å²) in [4.78, 5) is 0. The molecule has 3 unspecified atom stereocenters. The van der Waals surface area contributed by atoms with Gasteiger partial charge in [0.1, 0.15) is 0 Å². The Labute approximate surface area is 110 Å². The molecule has 3 heteroatoms. The van der Waals surface area contributed by atoms with Gasteiger partial charge in [-0.25, -0.2) is 0 Å². The molecule has 0 amide bonds. The third-order valence-corrected chi connectivity index (χ3v) is 5.49. The molecule has 0 aromatic carbocycles. The smallest absolute Gasteiger partial charge is 0.0672 e. The number of hydrogen-bond donors (Lipinski definition) is 1. The molecule has 0 aromatic rings. The van der Waals surface area contributed by atoms with Gasteiger partial charge in [-0.2, -0.15) is 5.26 Å². The van der Waals surface area contributed by atoms with Crippen molar-refractivity contribution in [1.29, 1.82) is 5.26 Å². The molecule has 0 aromatic heterocycles. The summed E-state index contributed by atoms with van der Waals surface area (Å²) >= 11 is 0. The van der Waals surface area contributed by atoms with E-state index in [2.05, 4.69) is 11.4 Å². The molecule has 0 radical (unpaired) electrons. The second-order valence-electron chi connectivity index (χ2n) is 6.36. The van der Waals surface area contributed by atoms with Crippen molar-refractivity contribution in [2.45, 2.75) is 63.5 Å². The van der Waals surface area contributed by atoms with Gasteiger partial charge in [-0.3, -0.25) is 0 Å². The topological polar surface area (TPSA) is 45.0 Å². The van der Waals surface area contributed by atoms with E-state index in [1.807, 2.05) is 0 Å². The number of rotatable bonds is 2. The van der Waals surface area contributed by atoms with Crippen LogP contribution in [0.3, 0.4) is 0 Å². The number of nitrogens with zero attached hydrogens (tertiary/aromatic N) is 1. The maximum absolute atomic E-state index is 9.20. The fraction of sp³-hybridized carbons (Fsp3) is 0.933. The standard InChI is InChI=1S/C15H24N2O/c16-11-12-3-1-4-13(12)17-14-5-2-6-15(14)7-9-18-10-8-15/h12-14,17H,1-10H2. The van der Waals surface area contributed by atoms with Crippen molar-refractivity contribution in [3.8, 4) is 6.07 Å². The van der Waals surface area contributed by atoms with Gasteiger partial charge in [0.05, 0.1) is 12.0 Å². The third-order valence-electron chi connectivity index (χ3n) is 5.49. The maximum atomic E-state index is 9.20. The van der Waals surface area contributed by atoms with Crippen LogP contribution in [0, 0.1) is 22.7 Å². The van der Waals surface area contributed by atoms with Gasteiger partial charge >= 0.3 is 0 Å². The van der Waals surface area contributed by atoms with Crippen LogP contribution in [-0.4, -0.2) is 25.3 Å². The zero-order valence-corrected chi connectivity index (χ0v) is 11.2. The molecule has 0 bridgehead atoms. The lowest BCUT2D eigenvalue weighted by Crippen LogP contribution is -2.49. The van der Waals surface area contributed by atoms with Crippen LogP contribution in [0.2, 0.25) is 0 Å². The Balaban J connectivity index is 1.66. The Morgan fingerprint density at radius 2 is 1.89 bits per heavy atom. The Hall–Kier alpha value is -0.590. The molecule has 1 saturated heterocycles. The van der Waals surface area contributed by atoms with Crippen molar-refractivity contribution in [2.75, 3.05) is 13.2 Å². The number of nitrogens with one attached hydrogen (secondary N) is 1. The zero-order valence-electron chi connectivity index (χ0n) is 11.2. The minimum Gasteiger partial charge on any atom is -0.381 e. The van der Waals surface area contributed by atoms with Crippen LogP contribution in [0.15, 0.2) is 0 Å². The Kier molecular flexibility index (Phi) is 3.59. The van der Waals surface area contributed by atoms with Crippen molar-refractivity contribution < 1.29 is 4.74 Å². The Bertz CT molecular complexity index is 330. The summed E-state index contributed by atoms with van der Waals surface area (Å²) in [5.41, 5.74) is 0.487. The molecule has 100 valence electrons. The van der Waals surface area contributed by atoms with E-state index in [0.717, 1.165) is 19.6 Å². The monoisotopic (exact) mass is 248 g/mol. The van der Waals surface area contributed by atoms with E-state index >= 15 is 0 Å². The molecule has 1 spiro atoms. The summed E-state index contributed by atoms with van der Waals surface area (Å²) < 4.78 is 5.54. The Morgan fingerprint density at radius 3 is 2.67 bits per heavy atom. The van der Waals surface area contributed by atoms with Crippen molar-refractivity contribution in [2.24, 2.45) is 11.3 Å². The van der Waals surface area contributed by atoms with E-state index < -0.39 is 0 Å². The van der Waals surface area contributed by atoms with Gasteiger partial charge in [0.2, 0.25) is 0 Å². The minimum atomic E-state index is 0.252. The lowest BCUT2D eigenvalue weighted by Gasteiger charge is -2.40. The second-order valence-corrected chi connectivity index (χ2v) is 6.36. The van der Waals surface area contributed by atoms with E-state index in [0.29, 0.717) is 17.5 Å². The van der Waals surface area contributed by atoms with E-state index in [9.17, 15) is 5.26 Å². The van der Waals surface area contributed by atoms with Crippen LogP contribution in [0.1, 0.15) is 51.4 Å². The van der Waals surface area contributed by atoms with Crippen LogP contribution in [-0.2, 0) is 4.74 Å². The maximum Gasteiger partial charge on any atom is 0.0672 e. The number of nitriles is 1. The quantitative estimate of drug-likeness (QED) is 0.817. The highest BCUT2D eigenvalue weighted by atomic mass is 16.5. The molecule has 3 fully saturated rings. The predicted octanol–water partition coefficient (Wildman–Crippen LogP) is 2.62. The molecule has 18 heavy (non-hydrogen) atoms. The van der Waals surface area contributed by atoms with Gasteiger partial charge in [0.25, 0.3) is 0 Å². The van der Waals surface area contributed by atoms with Gasteiger partial charge < -0.3 is 10.1 Å². The second kappa shape index (κ2) is 5.19. The first-order valence-corrected chi connectivity index (χ1v) is 7.57. The van der Waals surface area contributed by atoms with Crippen LogP contribution >= 0.6 is 0 Å². The van der Waals surface area contributed by atoms with Crippen molar-refractivity contribution in [3.63, 3.8) is 0 Å². The van der Waals surface area contributed by atoms with Gasteiger partial charge in [0, 0.05) is 25.3 Å². The average Bonchev–Trinajstić information content (AvgIpc) is 3.00. The minimum absolute atomic E-state index is 0.252. The van der Waals surface area contributed by atoms with E-state index in [4.69, 9.17) is 4.74 Å². The first kappa shape index (κ1) is 12.4. The fourth-order valence-electron chi connectivity index (χ4n) is 4.35. The van der Waals surface area contributed by atoms with E-state index in [-0.39, 0.29) is 5.92 Å². The van der Waals surface area contributed by atoms with Crippen LogP contribution in [0.25, 0.3) is 0 Å². The summed E-state index contributed by atoms with van der Waals surface area (Å²) in [6.45, 7) is 1.87. The first-order chi connectivity index (χ1) is 8.84.